The van der Waals surface area contributed by atoms with Crippen LogP contribution in [0.15, 0.2) is 41.6 Å². The monoisotopic (exact) mass is 378 g/mol. The van der Waals surface area contributed by atoms with Crippen molar-refractivity contribution in [1.82, 2.24) is 9.78 Å². The molecule has 0 unspecified atom stereocenters. The highest BCUT2D eigenvalue weighted by Gasteiger charge is 2.17. The number of ether oxygens (including phenoxy) is 1. The number of carbonyl (C=O) groups excluding carboxylic acids is 1. The third-order valence-electron chi connectivity index (χ3n) is 4.16. The molecule has 1 amide bonds. The van der Waals surface area contributed by atoms with Gasteiger partial charge in [-0.3, -0.25) is 14.2 Å². The highest BCUT2D eigenvalue weighted by molar-refractivity contribution is 7.92. The van der Waals surface area contributed by atoms with Crippen LogP contribution in [-0.2, 0) is 26.1 Å². The quantitative estimate of drug-likeness (QED) is 0.801. The average molecular weight is 378 g/mol. The standard InChI is InChI=1S/C17H22N4O4S/c1-13(22)19-15-2-4-17(5-3-15)26(23,24)20-16-10-18-21(12-16)11-14-6-8-25-9-7-14/h2-5,10,12,14,20H,6-9,11H2,1H3,(H,19,22). The number of rotatable bonds is 6. The Hall–Kier alpha value is -2.39. The summed E-state index contributed by atoms with van der Waals surface area (Å²) in [4.78, 5) is 11.1. The summed E-state index contributed by atoms with van der Waals surface area (Å²) in [7, 11) is -3.71. The van der Waals surface area contributed by atoms with Gasteiger partial charge in [0, 0.05) is 38.6 Å². The van der Waals surface area contributed by atoms with Gasteiger partial charge < -0.3 is 10.1 Å². The number of amides is 1. The van der Waals surface area contributed by atoms with E-state index >= 15 is 0 Å². The van der Waals surface area contributed by atoms with Crippen molar-refractivity contribution in [2.75, 3.05) is 23.3 Å². The molecule has 1 aromatic heterocycles. The fourth-order valence-corrected chi connectivity index (χ4v) is 3.87. The molecule has 0 saturated carbocycles. The molecule has 0 bridgehead atoms. The minimum Gasteiger partial charge on any atom is -0.381 e. The van der Waals surface area contributed by atoms with Gasteiger partial charge >= 0.3 is 0 Å². The number of nitrogens with zero attached hydrogens (tertiary/aromatic N) is 2. The molecule has 0 atom stereocenters. The third-order valence-corrected chi connectivity index (χ3v) is 5.55. The molecule has 0 radical (unpaired) electrons. The van der Waals surface area contributed by atoms with Crippen molar-refractivity contribution in [3.63, 3.8) is 0 Å². The summed E-state index contributed by atoms with van der Waals surface area (Å²) < 4.78 is 34.6. The first-order valence-corrected chi connectivity index (χ1v) is 9.91. The van der Waals surface area contributed by atoms with Crippen LogP contribution in [-0.4, -0.2) is 37.3 Å². The van der Waals surface area contributed by atoms with Crippen molar-refractivity contribution in [3.8, 4) is 0 Å². The van der Waals surface area contributed by atoms with E-state index in [1.165, 1.54) is 25.3 Å². The molecular formula is C17H22N4O4S. The fourth-order valence-electron chi connectivity index (χ4n) is 2.84. The molecule has 0 spiro atoms. The van der Waals surface area contributed by atoms with E-state index in [2.05, 4.69) is 15.1 Å². The first kappa shape index (κ1) is 18.4. The van der Waals surface area contributed by atoms with Crippen molar-refractivity contribution in [3.05, 3.63) is 36.7 Å². The fraction of sp³-hybridized carbons (Fsp3) is 0.412. The lowest BCUT2D eigenvalue weighted by Gasteiger charge is -2.21. The lowest BCUT2D eigenvalue weighted by molar-refractivity contribution is -0.114. The maximum absolute atomic E-state index is 12.5. The molecule has 2 N–H and O–H groups in total. The van der Waals surface area contributed by atoms with Crippen LogP contribution in [0.25, 0.3) is 0 Å². The number of nitrogens with one attached hydrogen (secondary N) is 2. The summed E-state index contributed by atoms with van der Waals surface area (Å²) in [5, 5.41) is 6.84. The molecule has 9 heteroatoms. The van der Waals surface area contributed by atoms with Gasteiger partial charge in [-0.25, -0.2) is 8.42 Å². The maximum Gasteiger partial charge on any atom is 0.261 e. The third kappa shape index (κ3) is 4.83. The Morgan fingerprint density at radius 2 is 1.92 bits per heavy atom. The van der Waals surface area contributed by atoms with Crippen LogP contribution in [0.2, 0.25) is 0 Å². The number of aromatic nitrogens is 2. The molecule has 2 aromatic rings. The molecule has 3 rings (SSSR count). The minimum atomic E-state index is -3.71. The van der Waals surface area contributed by atoms with Crippen LogP contribution in [0, 0.1) is 5.92 Å². The van der Waals surface area contributed by atoms with E-state index < -0.39 is 10.0 Å². The van der Waals surface area contributed by atoms with E-state index in [1.54, 1.807) is 23.0 Å². The van der Waals surface area contributed by atoms with Crippen molar-refractivity contribution in [2.24, 2.45) is 5.92 Å². The molecule has 140 valence electrons. The number of sulfonamides is 1. The zero-order valence-corrected chi connectivity index (χ0v) is 15.3. The number of benzene rings is 1. The van der Waals surface area contributed by atoms with E-state index in [0.717, 1.165) is 32.6 Å². The van der Waals surface area contributed by atoms with Crippen molar-refractivity contribution in [1.29, 1.82) is 0 Å². The molecule has 1 saturated heterocycles. The Labute approximate surface area is 152 Å². The van der Waals surface area contributed by atoms with Gasteiger partial charge in [0.05, 0.1) is 16.8 Å². The maximum atomic E-state index is 12.5. The SMILES string of the molecule is CC(=O)Nc1ccc(S(=O)(=O)Nc2cnn(CC3CCOCC3)c2)cc1. The predicted octanol–water partition coefficient (Wildman–Crippen LogP) is 2.07. The lowest BCUT2D eigenvalue weighted by atomic mass is 10.0. The van der Waals surface area contributed by atoms with Crippen LogP contribution in [0.3, 0.4) is 0 Å². The topological polar surface area (TPSA) is 102 Å². The summed E-state index contributed by atoms with van der Waals surface area (Å²) in [5.41, 5.74) is 0.962. The summed E-state index contributed by atoms with van der Waals surface area (Å²) in [6, 6.07) is 5.98. The minimum absolute atomic E-state index is 0.115. The summed E-state index contributed by atoms with van der Waals surface area (Å²) in [5.74, 6) is 0.283. The molecule has 0 aliphatic carbocycles. The molecule has 1 aliphatic heterocycles. The van der Waals surface area contributed by atoms with Crippen LogP contribution in [0.4, 0.5) is 11.4 Å². The van der Waals surface area contributed by atoms with E-state index in [-0.39, 0.29) is 10.8 Å². The van der Waals surface area contributed by atoms with Gasteiger partial charge in [-0.05, 0) is 43.0 Å². The van der Waals surface area contributed by atoms with E-state index in [0.29, 0.717) is 17.3 Å². The zero-order valence-electron chi connectivity index (χ0n) is 14.5. The molecule has 1 aromatic carbocycles. The van der Waals surface area contributed by atoms with Gasteiger partial charge in [-0.15, -0.1) is 0 Å². The van der Waals surface area contributed by atoms with Gasteiger partial charge in [0.1, 0.15) is 0 Å². The van der Waals surface area contributed by atoms with Crippen LogP contribution in [0.1, 0.15) is 19.8 Å². The van der Waals surface area contributed by atoms with Gasteiger partial charge in [0.2, 0.25) is 5.91 Å². The van der Waals surface area contributed by atoms with Crippen LogP contribution >= 0.6 is 0 Å². The zero-order chi connectivity index (χ0) is 18.6. The van der Waals surface area contributed by atoms with Gasteiger partial charge in [0.25, 0.3) is 10.0 Å². The Morgan fingerprint density at radius 1 is 1.23 bits per heavy atom. The highest BCUT2D eigenvalue weighted by Crippen LogP contribution is 2.20. The largest absolute Gasteiger partial charge is 0.381 e. The highest BCUT2D eigenvalue weighted by atomic mass is 32.2. The van der Waals surface area contributed by atoms with Crippen LogP contribution < -0.4 is 10.0 Å². The predicted molar refractivity (Wildman–Crippen MR) is 97.3 cm³/mol. The van der Waals surface area contributed by atoms with Crippen molar-refractivity contribution < 1.29 is 17.9 Å². The number of anilines is 2. The lowest BCUT2D eigenvalue weighted by Crippen LogP contribution is -2.20. The van der Waals surface area contributed by atoms with Gasteiger partial charge in [-0.2, -0.15) is 5.10 Å². The molecule has 2 heterocycles. The summed E-state index contributed by atoms with van der Waals surface area (Å²) in [6.07, 6.45) is 5.17. The van der Waals surface area contributed by atoms with Gasteiger partial charge in [0.15, 0.2) is 0 Å². The van der Waals surface area contributed by atoms with Crippen LogP contribution in [0.5, 0.6) is 0 Å². The summed E-state index contributed by atoms with van der Waals surface area (Å²) in [6.45, 7) is 3.67. The van der Waals surface area contributed by atoms with Crippen molar-refractivity contribution >= 4 is 27.3 Å². The second-order valence-corrected chi connectivity index (χ2v) is 8.00. The molecule has 26 heavy (non-hydrogen) atoms. The molecule has 8 nitrogen and oxygen atoms in total. The number of hydrogen-bond acceptors (Lipinski definition) is 5. The smallest absolute Gasteiger partial charge is 0.261 e. The van der Waals surface area contributed by atoms with Gasteiger partial charge in [-0.1, -0.05) is 0 Å². The number of hydrogen-bond donors (Lipinski definition) is 2. The molecular weight excluding hydrogens is 356 g/mol. The first-order valence-electron chi connectivity index (χ1n) is 8.43. The summed E-state index contributed by atoms with van der Waals surface area (Å²) >= 11 is 0. The Morgan fingerprint density at radius 3 is 2.58 bits per heavy atom. The second-order valence-electron chi connectivity index (χ2n) is 6.32. The first-order chi connectivity index (χ1) is 12.4. The Bertz CT molecular complexity index is 855. The average Bonchev–Trinajstić information content (AvgIpc) is 3.02. The second kappa shape index (κ2) is 7.88. The molecule has 1 fully saturated rings. The van der Waals surface area contributed by atoms with Crippen molar-refractivity contribution in [2.45, 2.75) is 31.2 Å². The normalized spacial score (nSPS) is 15.6. The van der Waals surface area contributed by atoms with E-state index in [4.69, 9.17) is 4.74 Å². The number of carbonyl (C=O) groups is 1. The molecule has 1 aliphatic rings. The Kier molecular flexibility index (Phi) is 5.58. The Balaban J connectivity index is 1.64. The van der Waals surface area contributed by atoms with E-state index in [9.17, 15) is 13.2 Å². The van der Waals surface area contributed by atoms with E-state index in [1.807, 2.05) is 0 Å².